The smallest absolute Gasteiger partial charge is 0.394 e. The van der Waals surface area contributed by atoms with E-state index in [-0.39, 0.29) is 0 Å². The van der Waals surface area contributed by atoms with Crippen molar-refractivity contribution in [1.29, 1.82) is 0 Å². The normalized spacial score (nSPS) is 50.7. The molecule has 0 aromatic heterocycles. The lowest BCUT2D eigenvalue weighted by atomic mass is 9.95. The van der Waals surface area contributed by atoms with Crippen LogP contribution in [0.25, 0.3) is 0 Å². The highest BCUT2D eigenvalue weighted by molar-refractivity contribution is 7.46. The van der Waals surface area contributed by atoms with Gasteiger partial charge in [-0.15, -0.1) is 0 Å². The minimum Gasteiger partial charge on any atom is -0.394 e. The van der Waals surface area contributed by atoms with E-state index in [1.807, 2.05) is 0 Å². The highest BCUT2D eigenvalue weighted by Gasteiger charge is 2.57. The minimum atomic E-state index is -5.14. The predicted octanol–water partition coefficient (Wildman–Crippen LogP) is -11.8. The zero-order valence-electron chi connectivity index (χ0n) is 31.0. The topological polar surface area (TPSA) is 474 Å². The van der Waals surface area contributed by atoms with E-state index in [4.69, 9.17) is 52.4 Å². The molecule has 0 spiro atoms. The molecule has 25 atom stereocenters. The van der Waals surface area contributed by atoms with Crippen molar-refractivity contribution in [2.75, 3.05) is 33.0 Å². The summed E-state index contributed by atoms with van der Waals surface area (Å²) in [6.07, 6.45) is -49.2. The number of hydrogen-bond acceptors (Lipinski definition) is 27. The van der Waals surface area contributed by atoms with Gasteiger partial charge in [0, 0.05) is 0 Å². The average Bonchev–Trinajstić information content (AvgIpc) is 3.20. The maximum atomic E-state index is 11.4. The summed E-state index contributed by atoms with van der Waals surface area (Å²) in [6.45, 7) is -4.90. The van der Waals surface area contributed by atoms with Crippen LogP contribution >= 0.6 is 7.82 Å². The second kappa shape index (κ2) is 21.0. The molecule has 0 radical (unpaired) electrons. The van der Waals surface area contributed by atoms with Crippen LogP contribution < -0.4 is 0 Å². The molecule has 30 heteroatoms. The maximum absolute atomic E-state index is 11.4. The SMILES string of the molecule is O=P(O)(O)OC[C@H]1O[C@H](O[C@@H]2[C@H](O)[C@@H](O[C@@H]3[C@H](O)[C@@H](O[C@@H]4[C@H](O)[C@@H](O[C@@H]5C(O)O[C@H](CO)[C@@H](O)[C@@H]5O)O[C@H](CO)[C@H]4O)O[C@H](CO)[C@H]3O)O[C@H](CO)[C@H]2O)[C@@H](O)[C@@H](O)[C@@H]1O. The Balaban J connectivity index is 1.32. The largest absolute Gasteiger partial charge is 0.469 e. The van der Waals surface area contributed by atoms with Gasteiger partial charge < -0.3 is 134 Å². The standard InChI is InChI=1S/C30H53O29P/c31-1-6-11(35)17(41)25(26(46)51-6)59-30-21(45)24(15(39)9(4-34)54-30)58-29-20(44)23(14(38)8(3-33)53-29)57-28-19(43)22(13(37)7(2-32)52-28)56-27-18(42)16(40)12(36)10(55-27)5-50-60(47,48)49/h6-46H,1-5H2,(H2,47,48,49)/t6-,7-,8-,9-,10-,11-,12-,13-,14-,15-,16+,17+,18+,19+,20+,21+,22+,23+,24+,25+,26?,27-,28-,29-,30-/m1/s1. The summed E-state index contributed by atoms with van der Waals surface area (Å²) in [5.74, 6) is 0. The van der Waals surface area contributed by atoms with Gasteiger partial charge in [0.15, 0.2) is 31.5 Å². The fourth-order valence-corrected chi connectivity index (χ4v) is 7.50. The van der Waals surface area contributed by atoms with Gasteiger partial charge in [0.05, 0.1) is 33.0 Å². The Morgan fingerprint density at radius 1 is 0.367 bits per heavy atom. The van der Waals surface area contributed by atoms with Gasteiger partial charge in [-0.1, -0.05) is 0 Å². The van der Waals surface area contributed by atoms with Crippen molar-refractivity contribution in [2.45, 2.75) is 154 Å². The van der Waals surface area contributed by atoms with Crippen LogP contribution in [0.5, 0.6) is 0 Å². The predicted molar refractivity (Wildman–Crippen MR) is 177 cm³/mol. The molecule has 5 aliphatic heterocycles. The fourth-order valence-electron chi connectivity index (χ4n) is 7.15. The van der Waals surface area contributed by atoms with Crippen molar-refractivity contribution in [3.8, 4) is 0 Å². The van der Waals surface area contributed by atoms with Crippen molar-refractivity contribution in [1.82, 2.24) is 0 Å². The van der Waals surface area contributed by atoms with Crippen LogP contribution in [0.3, 0.4) is 0 Å². The number of aliphatic hydroxyl groups is 16. The highest BCUT2D eigenvalue weighted by Crippen LogP contribution is 2.38. The second-order valence-electron chi connectivity index (χ2n) is 14.6. The van der Waals surface area contributed by atoms with Gasteiger partial charge in [-0.05, 0) is 0 Å². The lowest BCUT2D eigenvalue weighted by Gasteiger charge is -2.49. The first kappa shape index (κ1) is 50.1. The summed E-state index contributed by atoms with van der Waals surface area (Å²) in [5.41, 5.74) is 0. The van der Waals surface area contributed by atoms with E-state index >= 15 is 0 Å². The first-order chi connectivity index (χ1) is 28.2. The van der Waals surface area contributed by atoms with Crippen molar-refractivity contribution in [3.63, 3.8) is 0 Å². The van der Waals surface area contributed by atoms with E-state index < -0.39 is 194 Å². The van der Waals surface area contributed by atoms with Gasteiger partial charge in [0.2, 0.25) is 0 Å². The molecule has 0 amide bonds. The number of phosphoric ester groups is 1. The quantitative estimate of drug-likeness (QED) is 0.0678. The van der Waals surface area contributed by atoms with Crippen LogP contribution in [0.2, 0.25) is 0 Å². The van der Waals surface area contributed by atoms with Gasteiger partial charge >= 0.3 is 7.82 Å². The first-order valence-corrected chi connectivity index (χ1v) is 19.9. The Hall–Kier alpha value is -0.890. The number of phosphoric acid groups is 1. The van der Waals surface area contributed by atoms with E-state index in [0.29, 0.717) is 0 Å². The lowest BCUT2D eigenvalue weighted by molar-refractivity contribution is -0.396. The minimum absolute atomic E-state index is 0.819. The van der Waals surface area contributed by atoms with Crippen LogP contribution in [-0.2, 0) is 51.7 Å². The summed E-state index contributed by atoms with van der Waals surface area (Å²) in [7, 11) is -5.14. The van der Waals surface area contributed by atoms with Crippen molar-refractivity contribution in [2.24, 2.45) is 0 Å². The van der Waals surface area contributed by atoms with Crippen molar-refractivity contribution in [3.05, 3.63) is 0 Å². The van der Waals surface area contributed by atoms with Crippen molar-refractivity contribution >= 4 is 7.82 Å². The Morgan fingerprint density at radius 2 is 0.683 bits per heavy atom. The summed E-state index contributed by atoms with van der Waals surface area (Å²) in [4.78, 5) is 18.1. The molecule has 5 aliphatic rings. The molecule has 0 aliphatic carbocycles. The van der Waals surface area contributed by atoms with Gasteiger partial charge in [-0.2, -0.15) is 0 Å². The maximum Gasteiger partial charge on any atom is 0.469 e. The Bertz CT molecular complexity index is 1380. The van der Waals surface area contributed by atoms with Gasteiger partial charge in [0.1, 0.15) is 122 Å². The third kappa shape index (κ3) is 10.8. The van der Waals surface area contributed by atoms with E-state index in [2.05, 4.69) is 4.52 Å². The molecule has 18 N–H and O–H groups in total. The Morgan fingerprint density at radius 3 is 1.05 bits per heavy atom. The van der Waals surface area contributed by atoms with E-state index in [0.717, 1.165) is 0 Å². The zero-order valence-corrected chi connectivity index (χ0v) is 31.9. The molecule has 1 unspecified atom stereocenters. The molecular formula is C30H53O29P. The third-order valence-electron chi connectivity index (χ3n) is 10.5. The van der Waals surface area contributed by atoms with Crippen molar-refractivity contribution < 1.29 is 143 Å². The Labute approximate surface area is 337 Å². The molecule has 60 heavy (non-hydrogen) atoms. The summed E-state index contributed by atoms with van der Waals surface area (Å²) in [5, 5.41) is 168. The third-order valence-corrected chi connectivity index (χ3v) is 11.0. The number of hydrogen-bond donors (Lipinski definition) is 18. The van der Waals surface area contributed by atoms with Gasteiger partial charge in [0.25, 0.3) is 0 Å². The van der Waals surface area contributed by atoms with E-state index in [1.54, 1.807) is 0 Å². The van der Waals surface area contributed by atoms with Crippen LogP contribution in [0.4, 0.5) is 0 Å². The summed E-state index contributed by atoms with van der Waals surface area (Å²) < 4.78 is 64.4. The van der Waals surface area contributed by atoms with Crippen LogP contribution in [0.15, 0.2) is 0 Å². The highest BCUT2D eigenvalue weighted by atomic mass is 31.2. The molecular weight excluding hydrogens is 855 g/mol. The average molecular weight is 909 g/mol. The number of rotatable bonds is 15. The van der Waals surface area contributed by atoms with E-state index in [9.17, 15) is 86.3 Å². The fraction of sp³-hybridized carbons (Fsp3) is 1.00. The molecule has 352 valence electrons. The second-order valence-corrected chi connectivity index (χ2v) is 15.8. The zero-order chi connectivity index (χ0) is 44.5. The molecule has 0 aromatic rings. The lowest BCUT2D eigenvalue weighted by Crippen LogP contribution is -2.68. The molecule has 5 rings (SSSR count). The molecule has 5 heterocycles. The number of aliphatic hydroxyl groups excluding tert-OH is 16. The summed E-state index contributed by atoms with van der Waals surface area (Å²) >= 11 is 0. The molecule has 29 nitrogen and oxygen atoms in total. The molecule has 5 saturated heterocycles. The monoisotopic (exact) mass is 908 g/mol. The van der Waals surface area contributed by atoms with Crippen LogP contribution in [-0.4, -0.2) is 278 Å². The van der Waals surface area contributed by atoms with Gasteiger partial charge in [-0.25, -0.2) is 4.57 Å². The summed E-state index contributed by atoms with van der Waals surface area (Å²) in [6, 6.07) is 0. The molecule has 0 bridgehead atoms. The molecule has 0 saturated carbocycles. The van der Waals surface area contributed by atoms with Gasteiger partial charge in [-0.3, -0.25) is 4.52 Å². The first-order valence-electron chi connectivity index (χ1n) is 18.4. The molecule has 5 fully saturated rings. The van der Waals surface area contributed by atoms with Crippen LogP contribution in [0.1, 0.15) is 0 Å². The molecule has 0 aromatic carbocycles. The van der Waals surface area contributed by atoms with Crippen LogP contribution in [0, 0.1) is 0 Å². The Kier molecular flexibility index (Phi) is 17.5. The van der Waals surface area contributed by atoms with E-state index in [1.165, 1.54) is 0 Å². The number of ether oxygens (including phenoxy) is 9.